The Balaban J connectivity index is 2.29. The number of rotatable bonds is 4. The van der Waals surface area contributed by atoms with Gasteiger partial charge in [-0.25, -0.2) is 0 Å². The minimum absolute atomic E-state index is 0.830. The SMILES string of the molecule is CO[Si](C)(CC1CS1)OC. The molecule has 1 aliphatic rings. The van der Waals surface area contributed by atoms with Crippen molar-refractivity contribution in [1.29, 1.82) is 0 Å². The molecule has 1 rings (SSSR count). The molecule has 0 amide bonds. The molecule has 1 fully saturated rings. The van der Waals surface area contributed by atoms with Crippen LogP contribution in [0.2, 0.25) is 12.6 Å². The van der Waals surface area contributed by atoms with E-state index in [0.717, 1.165) is 11.3 Å². The lowest BCUT2D eigenvalue weighted by Gasteiger charge is -2.21. The van der Waals surface area contributed by atoms with Crippen LogP contribution >= 0.6 is 11.8 Å². The quantitative estimate of drug-likeness (QED) is 0.480. The Bertz CT molecular complexity index is 112. The molecule has 0 aromatic rings. The van der Waals surface area contributed by atoms with Gasteiger partial charge in [0, 0.05) is 31.3 Å². The summed E-state index contributed by atoms with van der Waals surface area (Å²) in [6, 6.07) is 1.14. The van der Waals surface area contributed by atoms with E-state index in [9.17, 15) is 0 Å². The predicted octanol–water partition coefficient (Wildman–Crippen LogP) is 1.47. The second kappa shape index (κ2) is 3.26. The van der Waals surface area contributed by atoms with E-state index in [0.29, 0.717) is 0 Å². The second-order valence-corrected chi connectivity index (χ2v) is 7.53. The zero-order chi connectivity index (χ0) is 7.61. The Morgan fingerprint density at radius 1 is 1.50 bits per heavy atom. The van der Waals surface area contributed by atoms with Crippen molar-refractivity contribution in [3.8, 4) is 0 Å². The Labute approximate surface area is 67.5 Å². The molecule has 60 valence electrons. The highest BCUT2D eigenvalue weighted by Crippen LogP contribution is 2.37. The van der Waals surface area contributed by atoms with E-state index < -0.39 is 8.56 Å². The minimum Gasteiger partial charge on any atom is -0.398 e. The van der Waals surface area contributed by atoms with Crippen LogP contribution in [0.25, 0.3) is 0 Å². The van der Waals surface area contributed by atoms with Gasteiger partial charge in [0.15, 0.2) is 0 Å². The lowest BCUT2D eigenvalue weighted by molar-refractivity contribution is 0.250. The van der Waals surface area contributed by atoms with Crippen molar-refractivity contribution in [2.45, 2.75) is 17.8 Å². The molecule has 1 unspecified atom stereocenters. The molecule has 10 heavy (non-hydrogen) atoms. The molecule has 0 saturated carbocycles. The van der Waals surface area contributed by atoms with Crippen LogP contribution in [-0.4, -0.2) is 33.8 Å². The minimum atomic E-state index is -1.72. The summed E-state index contributed by atoms with van der Waals surface area (Å²) in [5, 5.41) is 0.830. The van der Waals surface area contributed by atoms with Crippen LogP contribution in [0.1, 0.15) is 0 Å². The van der Waals surface area contributed by atoms with Crippen LogP contribution in [-0.2, 0) is 8.85 Å². The first-order valence-corrected chi connectivity index (χ1v) is 6.99. The van der Waals surface area contributed by atoms with Gasteiger partial charge in [-0.2, -0.15) is 11.8 Å². The average molecular weight is 178 g/mol. The first-order valence-electron chi connectivity index (χ1n) is 3.42. The summed E-state index contributed by atoms with van der Waals surface area (Å²) in [5.74, 6) is 1.30. The topological polar surface area (TPSA) is 18.5 Å². The third kappa shape index (κ3) is 2.27. The van der Waals surface area contributed by atoms with Crippen LogP contribution in [0.4, 0.5) is 0 Å². The first kappa shape index (κ1) is 8.58. The zero-order valence-corrected chi connectivity index (χ0v) is 8.53. The Hall–Kier alpha value is 0.487. The van der Waals surface area contributed by atoms with Gasteiger partial charge in [-0.05, 0) is 6.55 Å². The summed E-state index contributed by atoms with van der Waals surface area (Å²) >= 11 is 2.00. The van der Waals surface area contributed by atoms with E-state index in [1.807, 2.05) is 11.8 Å². The van der Waals surface area contributed by atoms with Gasteiger partial charge in [0.2, 0.25) is 0 Å². The zero-order valence-electron chi connectivity index (χ0n) is 6.72. The highest BCUT2D eigenvalue weighted by molar-refractivity contribution is 8.07. The van der Waals surface area contributed by atoms with Crippen LogP contribution in [0.3, 0.4) is 0 Å². The average Bonchev–Trinajstić information content (AvgIpc) is 2.72. The molecule has 0 bridgehead atoms. The van der Waals surface area contributed by atoms with Crippen molar-refractivity contribution in [3.63, 3.8) is 0 Å². The van der Waals surface area contributed by atoms with E-state index >= 15 is 0 Å². The Morgan fingerprint density at radius 2 is 2.00 bits per heavy atom. The van der Waals surface area contributed by atoms with Gasteiger partial charge < -0.3 is 8.85 Å². The maximum atomic E-state index is 5.34. The number of thioether (sulfide) groups is 1. The fourth-order valence-corrected chi connectivity index (χ4v) is 4.16. The molecule has 0 aromatic carbocycles. The van der Waals surface area contributed by atoms with Gasteiger partial charge in [-0.1, -0.05) is 0 Å². The monoisotopic (exact) mass is 178 g/mol. The molecule has 0 radical (unpaired) electrons. The highest BCUT2D eigenvalue weighted by Gasteiger charge is 2.37. The highest BCUT2D eigenvalue weighted by atomic mass is 32.2. The summed E-state index contributed by atoms with van der Waals surface area (Å²) in [6.45, 7) is 2.12. The van der Waals surface area contributed by atoms with Gasteiger partial charge in [-0.15, -0.1) is 0 Å². The van der Waals surface area contributed by atoms with Gasteiger partial charge in [-0.3, -0.25) is 0 Å². The molecule has 0 spiro atoms. The standard InChI is InChI=1S/C6H14O2SSi/c1-7-10(3,8-2)5-6-4-9-6/h6H,4-5H2,1-3H3. The summed E-state index contributed by atoms with van der Waals surface area (Å²) in [5.41, 5.74) is 0. The van der Waals surface area contributed by atoms with Gasteiger partial charge >= 0.3 is 8.56 Å². The predicted molar refractivity (Wildman–Crippen MR) is 46.7 cm³/mol. The summed E-state index contributed by atoms with van der Waals surface area (Å²) in [7, 11) is 1.79. The number of hydrogen-bond acceptors (Lipinski definition) is 3. The lowest BCUT2D eigenvalue weighted by Crippen LogP contribution is -2.37. The lowest BCUT2D eigenvalue weighted by atomic mass is 10.6. The van der Waals surface area contributed by atoms with E-state index in [-0.39, 0.29) is 0 Å². The molecular formula is C6H14O2SSi. The summed E-state index contributed by atoms with van der Waals surface area (Å²) in [4.78, 5) is 0. The summed E-state index contributed by atoms with van der Waals surface area (Å²) in [6.07, 6.45) is 0. The van der Waals surface area contributed by atoms with E-state index in [1.54, 1.807) is 14.2 Å². The van der Waals surface area contributed by atoms with Crippen molar-refractivity contribution < 1.29 is 8.85 Å². The van der Waals surface area contributed by atoms with Crippen LogP contribution in [0.5, 0.6) is 0 Å². The smallest absolute Gasteiger partial charge is 0.335 e. The van der Waals surface area contributed by atoms with E-state index in [2.05, 4.69) is 6.55 Å². The van der Waals surface area contributed by atoms with Crippen molar-refractivity contribution in [2.24, 2.45) is 0 Å². The van der Waals surface area contributed by atoms with Gasteiger partial charge in [0.05, 0.1) is 0 Å². The molecule has 0 aromatic heterocycles. The molecule has 1 atom stereocenters. The molecular weight excluding hydrogens is 164 g/mol. The molecule has 0 N–H and O–H groups in total. The third-order valence-corrected chi connectivity index (χ3v) is 6.09. The molecule has 1 aliphatic heterocycles. The van der Waals surface area contributed by atoms with Crippen LogP contribution in [0, 0.1) is 0 Å². The van der Waals surface area contributed by atoms with Crippen molar-refractivity contribution >= 4 is 20.3 Å². The largest absolute Gasteiger partial charge is 0.398 e. The Kier molecular flexibility index (Phi) is 2.79. The fourth-order valence-electron chi connectivity index (χ4n) is 0.849. The van der Waals surface area contributed by atoms with Crippen LogP contribution in [0.15, 0.2) is 0 Å². The normalized spacial score (nSPS) is 24.9. The van der Waals surface area contributed by atoms with Crippen molar-refractivity contribution in [2.75, 3.05) is 20.0 Å². The van der Waals surface area contributed by atoms with Crippen LogP contribution < -0.4 is 0 Å². The van der Waals surface area contributed by atoms with Gasteiger partial charge in [0.25, 0.3) is 0 Å². The third-order valence-electron chi connectivity index (χ3n) is 1.86. The maximum Gasteiger partial charge on any atom is 0.335 e. The summed E-state index contributed by atoms with van der Waals surface area (Å²) < 4.78 is 10.7. The molecule has 2 nitrogen and oxygen atoms in total. The molecule has 1 heterocycles. The van der Waals surface area contributed by atoms with Crippen molar-refractivity contribution in [3.05, 3.63) is 0 Å². The van der Waals surface area contributed by atoms with Crippen molar-refractivity contribution in [1.82, 2.24) is 0 Å². The van der Waals surface area contributed by atoms with Gasteiger partial charge in [0.1, 0.15) is 0 Å². The number of hydrogen-bond donors (Lipinski definition) is 0. The van der Waals surface area contributed by atoms with E-state index in [4.69, 9.17) is 8.85 Å². The maximum absolute atomic E-state index is 5.34. The second-order valence-electron chi connectivity index (χ2n) is 2.70. The molecule has 1 saturated heterocycles. The Morgan fingerprint density at radius 3 is 2.30 bits per heavy atom. The molecule has 4 heteroatoms. The fraction of sp³-hybridized carbons (Fsp3) is 1.00. The van der Waals surface area contributed by atoms with E-state index in [1.165, 1.54) is 5.75 Å². The first-order chi connectivity index (χ1) is 4.70. The molecule has 0 aliphatic carbocycles.